The molecule has 0 saturated carbocycles. The lowest BCUT2D eigenvalue weighted by Gasteiger charge is -2.27. The number of anilines is 1. The second-order valence-electron chi connectivity index (χ2n) is 3.63. The van der Waals surface area contributed by atoms with E-state index in [1.807, 2.05) is 18.2 Å². The van der Waals surface area contributed by atoms with E-state index in [1.165, 1.54) is 4.90 Å². The van der Waals surface area contributed by atoms with E-state index in [9.17, 15) is 4.79 Å². The van der Waals surface area contributed by atoms with Gasteiger partial charge in [-0.05, 0) is 36.1 Å². The molecule has 1 amide bonds. The van der Waals surface area contributed by atoms with Crippen molar-refractivity contribution in [1.82, 2.24) is 0 Å². The molecule has 0 spiro atoms. The minimum Gasteiger partial charge on any atom is -0.465 e. The lowest BCUT2D eigenvalue weighted by atomic mass is 9.99. The molecule has 0 aromatic heterocycles. The van der Waals surface area contributed by atoms with Crippen LogP contribution in [0.1, 0.15) is 17.5 Å². The molecule has 3 nitrogen and oxygen atoms in total. The molecular formula is C12H13NO2. The lowest BCUT2D eigenvalue weighted by Crippen LogP contribution is -2.34. The van der Waals surface area contributed by atoms with Crippen LogP contribution in [0.4, 0.5) is 10.5 Å². The summed E-state index contributed by atoms with van der Waals surface area (Å²) in [4.78, 5) is 12.4. The maximum atomic E-state index is 11.0. The van der Waals surface area contributed by atoms with Gasteiger partial charge < -0.3 is 5.11 Å². The fourth-order valence-electron chi connectivity index (χ4n) is 1.94. The van der Waals surface area contributed by atoms with E-state index in [4.69, 9.17) is 5.11 Å². The summed E-state index contributed by atoms with van der Waals surface area (Å²) in [5, 5.41) is 9.02. The van der Waals surface area contributed by atoms with Gasteiger partial charge in [0.2, 0.25) is 0 Å². The second kappa shape index (κ2) is 3.77. The number of nitrogens with zero attached hydrogens (tertiary/aromatic N) is 1. The van der Waals surface area contributed by atoms with Crippen LogP contribution in [0.3, 0.4) is 0 Å². The van der Waals surface area contributed by atoms with Crippen molar-refractivity contribution in [2.45, 2.75) is 12.8 Å². The van der Waals surface area contributed by atoms with E-state index in [0.29, 0.717) is 6.54 Å². The summed E-state index contributed by atoms with van der Waals surface area (Å²) < 4.78 is 0. The number of carboxylic acid groups (broad SMARTS) is 1. The molecule has 3 heteroatoms. The highest BCUT2D eigenvalue weighted by atomic mass is 16.4. The van der Waals surface area contributed by atoms with Gasteiger partial charge in [-0.2, -0.15) is 0 Å². The zero-order valence-corrected chi connectivity index (χ0v) is 8.44. The summed E-state index contributed by atoms with van der Waals surface area (Å²) in [6, 6.07) is 5.77. The number of benzene rings is 1. The molecule has 1 aromatic carbocycles. The molecule has 1 heterocycles. The number of fused-ring (bicyclic) bond motifs is 1. The summed E-state index contributed by atoms with van der Waals surface area (Å²) in [5.74, 6) is 0. The van der Waals surface area contributed by atoms with E-state index in [2.05, 4.69) is 6.58 Å². The third kappa shape index (κ3) is 1.73. The van der Waals surface area contributed by atoms with Crippen molar-refractivity contribution in [3.05, 3.63) is 35.9 Å². The Hall–Kier alpha value is -1.77. The first-order chi connectivity index (χ1) is 7.22. The highest BCUT2D eigenvalue weighted by molar-refractivity contribution is 5.88. The number of rotatable bonds is 1. The smallest absolute Gasteiger partial charge is 0.411 e. The Morgan fingerprint density at radius 3 is 3.00 bits per heavy atom. The van der Waals surface area contributed by atoms with Crippen molar-refractivity contribution < 1.29 is 9.90 Å². The Bertz CT molecular complexity index is 412. The van der Waals surface area contributed by atoms with Crippen LogP contribution >= 0.6 is 0 Å². The first kappa shape index (κ1) is 9.77. The van der Waals surface area contributed by atoms with Crippen molar-refractivity contribution >= 4 is 17.9 Å². The Labute approximate surface area is 88.6 Å². The molecule has 78 valence electrons. The third-order valence-corrected chi connectivity index (χ3v) is 2.69. The highest BCUT2D eigenvalue weighted by Crippen LogP contribution is 2.28. The molecule has 0 unspecified atom stereocenters. The summed E-state index contributed by atoms with van der Waals surface area (Å²) in [6.45, 7) is 4.30. The number of hydrogen-bond donors (Lipinski definition) is 1. The van der Waals surface area contributed by atoms with Gasteiger partial charge in [-0.15, -0.1) is 0 Å². The van der Waals surface area contributed by atoms with Crippen LogP contribution in [0.25, 0.3) is 6.08 Å². The number of aryl methyl sites for hydroxylation is 1. The van der Waals surface area contributed by atoms with E-state index in [-0.39, 0.29) is 0 Å². The first-order valence-electron chi connectivity index (χ1n) is 4.98. The van der Waals surface area contributed by atoms with Gasteiger partial charge in [0.25, 0.3) is 0 Å². The summed E-state index contributed by atoms with van der Waals surface area (Å²) in [5.41, 5.74) is 2.96. The third-order valence-electron chi connectivity index (χ3n) is 2.69. The predicted octanol–water partition coefficient (Wildman–Crippen LogP) is 2.76. The Kier molecular flexibility index (Phi) is 2.46. The summed E-state index contributed by atoms with van der Waals surface area (Å²) >= 11 is 0. The van der Waals surface area contributed by atoms with Crippen molar-refractivity contribution in [3.63, 3.8) is 0 Å². The van der Waals surface area contributed by atoms with Crippen molar-refractivity contribution in [1.29, 1.82) is 0 Å². The van der Waals surface area contributed by atoms with E-state index in [1.54, 1.807) is 6.08 Å². The van der Waals surface area contributed by atoms with Gasteiger partial charge in [0.05, 0.1) is 5.69 Å². The molecule has 0 bridgehead atoms. The minimum absolute atomic E-state index is 0.593. The molecule has 0 atom stereocenters. The Morgan fingerprint density at radius 1 is 1.53 bits per heavy atom. The molecule has 1 aromatic rings. The molecule has 2 rings (SSSR count). The van der Waals surface area contributed by atoms with Gasteiger partial charge in [-0.3, -0.25) is 4.90 Å². The monoisotopic (exact) mass is 203 g/mol. The maximum Gasteiger partial charge on any atom is 0.411 e. The zero-order chi connectivity index (χ0) is 10.8. The molecule has 0 aliphatic carbocycles. The van der Waals surface area contributed by atoms with E-state index >= 15 is 0 Å². The van der Waals surface area contributed by atoms with Gasteiger partial charge in [0.1, 0.15) is 0 Å². The second-order valence-corrected chi connectivity index (χ2v) is 3.63. The SMILES string of the molecule is C=Cc1ccc2c(c1)CCCN2C(=O)O. The van der Waals surface area contributed by atoms with Crippen LogP contribution in [0.2, 0.25) is 0 Å². The van der Waals surface area contributed by atoms with E-state index in [0.717, 1.165) is 29.7 Å². The number of amides is 1. The number of carbonyl (C=O) groups is 1. The normalized spacial score (nSPS) is 14.5. The molecule has 1 aliphatic rings. The quantitative estimate of drug-likeness (QED) is 0.762. The van der Waals surface area contributed by atoms with Gasteiger partial charge in [0.15, 0.2) is 0 Å². The Balaban J connectivity index is 2.44. The first-order valence-corrected chi connectivity index (χ1v) is 4.98. The average molecular weight is 203 g/mol. The largest absolute Gasteiger partial charge is 0.465 e. The molecular weight excluding hydrogens is 190 g/mol. The van der Waals surface area contributed by atoms with Crippen molar-refractivity contribution in [2.24, 2.45) is 0 Å². The van der Waals surface area contributed by atoms with Crippen molar-refractivity contribution in [3.8, 4) is 0 Å². The topological polar surface area (TPSA) is 40.5 Å². The molecule has 1 N–H and O–H groups in total. The number of hydrogen-bond acceptors (Lipinski definition) is 1. The van der Waals surface area contributed by atoms with Gasteiger partial charge in [0, 0.05) is 6.54 Å². The Morgan fingerprint density at radius 2 is 2.33 bits per heavy atom. The standard InChI is InChI=1S/C12H13NO2/c1-2-9-5-6-11-10(8-9)4-3-7-13(11)12(14)15/h2,5-6,8H,1,3-4,7H2,(H,14,15). The van der Waals surface area contributed by atoms with Gasteiger partial charge in [-0.1, -0.05) is 18.7 Å². The fraction of sp³-hybridized carbons (Fsp3) is 0.250. The predicted molar refractivity (Wildman–Crippen MR) is 60.2 cm³/mol. The maximum absolute atomic E-state index is 11.0. The molecule has 0 radical (unpaired) electrons. The van der Waals surface area contributed by atoms with Gasteiger partial charge in [-0.25, -0.2) is 4.79 Å². The summed E-state index contributed by atoms with van der Waals surface area (Å²) in [6.07, 6.45) is 2.74. The van der Waals surface area contributed by atoms with Crippen molar-refractivity contribution in [2.75, 3.05) is 11.4 Å². The van der Waals surface area contributed by atoms with Crippen LogP contribution in [0.5, 0.6) is 0 Å². The average Bonchev–Trinajstić information content (AvgIpc) is 2.27. The van der Waals surface area contributed by atoms with Crippen LogP contribution < -0.4 is 4.90 Å². The highest BCUT2D eigenvalue weighted by Gasteiger charge is 2.21. The molecule has 0 fully saturated rings. The summed E-state index contributed by atoms with van der Waals surface area (Å²) in [7, 11) is 0. The minimum atomic E-state index is -0.873. The van der Waals surface area contributed by atoms with Crippen LogP contribution in [-0.2, 0) is 6.42 Å². The molecule has 0 saturated heterocycles. The zero-order valence-electron chi connectivity index (χ0n) is 8.44. The molecule has 1 aliphatic heterocycles. The van der Waals surface area contributed by atoms with Crippen LogP contribution in [0, 0.1) is 0 Å². The van der Waals surface area contributed by atoms with Gasteiger partial charge >= 0.3 is 6.09 Å². The fourth-order valence-corrected chi connectivity index (χ4v) is 1.94. The van der Waals surface area contributed by atoms with E-state index < -0.39 is 6.09 Å². The molecule has 15 heavy (non-hydrogen) atoms. The van der Waals surface area contributed by atoms with Crippen LogP contribution in [-0.4, -0.2) is 17.7 Å². The lowest BCUT2D eigenvalue weighted by molar-refractivity contribution is 0.201. The van der Waals surface area contributed by atoms with Crippen LogP contribution in [0.15, 0.2) is 24.8 Å².